The Kier molecular flexibility index (Phi) is 11.1. The van der Waals surface area contributed by atoms with Gasteiger partial charge in [-0.1, -0.05) is 11.6 Å². The molecule has 0 bridgehead atoms. The zero-order chi connectivity index (χ0) is 15.9. The maximum Gasteiger partial charge on any atom is 0.191 e. The lowest BCUT2D eigenvalue weighted by molar-refractivity contribution is 0.184. The molecular formula is C14H25ClIN3OS2. The van der Waals surface area contributed by atoms with E-state index in [2.05, 4.69) is 35.7 Å². The van der Waals surface area contributed by atoms with E-state index < -0.39 is 6.10 Å². The number of guanidine groups is 1. The number of hydrogen-bond donors (Lipinski definition) is 3. The number of nitrogens with zero attached hydrogens (tertiary/aromatic N) is 1. The second-order valence-electron chi connectivity index (χ2n) is 5.20. The summed E-state index contributed by atoms with van der Waals surface area (Å²) in [6.07, 6.45) is 1.50. The van der Waals surface area contributed by atoms with Gasteiger partial charge in [0.2, 0.25) is 0 Å². The SMILES string of the molecule is CCNC(=NCC(C)(C)SC)NCC(O)c1ccc(Cl)s1.I. The van der Waals surface area contributed by atoms with Gasteiger partial charge in [-0.3, -0.25) is 4.99 Å². The number of halogens is 2. The third-order valence-electron chi connectivity index (χ3n) is 2.90. The topological polar surface area (TPSA) is 56.7 Å². The smallest absolute Gasteiger partial charge is 0.191 e. The second kappa shape index (κ2) is 11.0. The predicted molar refractivity (Wildman–Crippen MR) is 111 cm³/mol. The fourth-order valence-electron chi connectivity index (χ4n) is 1.48. The normalized spacial score (nSPS) is 13.5. The Bertz CT molecular complexity index is 469. The molecule has 1 aromatic heterocycles. The Labute approximate surface area is 163 Å². The molecule has 8 heteroatoms. The summed E-state index contributed by atoms with van der Waals surface area (Å²) in [7, 11) is 0. The molecule has 128 valence electrons. The van der Waals surface area contributed by atoms with E-state index in [1.165, 1.54) is 11.3 Å². The highest BCUT2D eigenvalue weighted by Gasteiger charge is 2.16. The summed E-state index contributed by atoms with van der Waals surface area (Å²) in [4.78, 5) is 5.42. The first-order valence-corrected chi connectivity index (χ1v) is 9.30. The summed E-state index contributed by atoms with van der Waals surface area (Å²) in [6.45, 7) is 8.24. The van der Waals surface area contributed by atoms with Gasteiger partial charge in [0, 0.05) is 22.7 Å². The van der Waals surface area contributed by atoms with Gasteiger partial charge in [0.15, 0.2) is 5.96 Å². The van der Waals surface area contributed by atoms with E-state index >= 15 is 0 Å². The Morgan fingerprint density at radius 3 is 2.64 bits per heavy atom. The number of aliphatic hydroxyl groups excluding tert-OH is 1. The van der Waals surface area contributed by atoms with Crippen LogP contribution in [-0.4, -0.2) is 41.7 Å². The van der Waals surface area contributed by atoms with E-state index in [9.17, 15) is 5.11 Å². The molecule has 1 unspecified atom stereocenters. The Balaban J connectivity index is 0.00000441. The molecular weight excluding hydrogens is 453 g/mol. The molecule has 0 aliphatic carbocycles. The molecule has 1 aromatic rings. The third-order valence-corrected chi connectivity index (χ3v) is 5.47. The van der Waals surface area contributed by atoms with Crippen molar-refractivity contribution in [2.24, 2.45) is 4.99 Å². The van der Waals surface area contributed by atoms with E-state index in [-0.39, 0.29) is 28.7 Å². The first-order chi connectivity index (χ1) is 9.88. The number of hydrogen-bond acceptors (Lipinski definition) is 4. The molecule has 0 aromatic carbocycles. The molecule has 0 aliphatic heterocycles. The Morgan fingerprint density at radius 2 is 2.14 bits per heavy atom. The quantitative estimate of drug-likeness (QED) is 0.318. The van der Waals surface area contributed by atoms with Crippen molar-refractivity contribution < 1.29 is 5.11 Å². The molecule has 0 spiro atoms. The number of aliphatic imine (C=N–C) groups is 1. The zero-order valence-electron chi connectivity index (χ0n) is 13.4. The van der Waals surface area contributed by atoms with Crippen LogP contribution in [0.4, 0.5) is 0 Å². The van der Waals surface area contributed by atoms with Crippen LogP contribution in [0.1, 0.15) is 31.8 Å². The second-order valence-corrected chi connectivity index (χ2v) is 8.46. The third kappa shape index (κ3) is 8.24. The van der Waals surface area contributed by atoms with E-state index in [1.807, 2.05) is 13.0 Å². The first-order valence-electron chi connectivity index (χ1n) is 6.88. The minimum Gasteiger partial charge on any atom is -0.386 e. The lowest BCUT2D eigenvalue weighted by Gasteiger charge is -2.21. The molecule has 3 N–H and O–H groups in total. The minimum atomic E-state index is -0.583. The number of thioether (sulfide) groups is 1. The summed E-state index contributed by atoms with van der Waals surface area (Å²) >= 11 is 9.06. The summed E-state index contributed by atoms with van der Waals surface area (Å²) in [6, 6.07) is 3.64. The van der Waals surface area contributed by atoms with Gasteiger partial charge in [-0.25, -0.2) is 0 Å². The van der Waals surface area contributed by atoms with Gasteiger partial charge in [0.25, 0.3) is 0 Å². The summed E-state index contributed by atoms with van der Waals surface area (Å²) in [5.74, 6) is 0.723. The van der Waals surface area contributed by atoms with Gasteiger partial charge in [0.1, 0.15) is 6.10 Å². The molecule has 1 atom stereocenters. The maximum absolute atomic E-state index is 10.1. The van der Waals surface area contributed by atoms with E-state index in [0.717, 1.165) is 17.4 Å². The van der Waals surface area contributed by atoms with Gasteiger partial charge in [-0.15, -0.1) is 35.3 Å². The van der Waals surface area contributed by atoms with Crippen molar-refractivity contribution in [3.8, 4) is 0 Å². The Morgan fingerprint density at radius 1 is 1.45 bits per heavy atom. The summed E-state index contributed by atoms with van der Waals surface area (Å²) in [5.41, 5.74) is 0. The van der Waals surface area contributed by atoms with Crippen molar-refractivity contribution in [1.29, 1.82) is 0 Å². The van der Waals surface area contributed by atoms with Gasteiger partial charge in [-0.2, -0.15) is 11.8 Å². The molecule has 22 heavy (non-hydrogen) atoms. The van der Waals surface area contributed by atoms with Gasteiger partial charge in [-0.05, 0) is 39.2 Å². The van der Waals surface area contributed by atoms with Crippen molar-refractivity contribution in [1.82, 2.24) is 10.6 Å². The van der Waals surface area contributed by atoms with Gasteiger partial charge in [0.05, 0.1) is 10.9 Å². The van der Waals surface area contributed by atoms with Crippen LogP contribution in [0.15, 0.2) is 17.1 Å². The van der Waals surface area contributed by atoms with Crippen LogP contribution >= 0.6 is 58.7 Å². The first kappa shape index (κ1) is 22.3. The molecule has 0 amide bonds. The van der Waals surface area contributed by atoms with Crippen molar-refractivity contribution in [3.63, 3.8) is 0 Å². The van der Waals surface area contributed by atoms with Crippen LogP contribution in [0.5, 0.6) is 0 Å². The van der Waals surface area contributed by atoms with Crippen LogP contribution in [-0.2, 0) is 0 Å². The average Bonchev–Trinajstić information content (AvgIpc) is 2.88. The molecule has 1 rings (SSSR count). The lowest BCUT2D eigenvalue weighted by Crippen LogP contribution is -2.40. The molecule has 1 heterocycles. The standard InChI is InChI=1S/C14H24ClN3OS2.HI/c1-5-16-13(18-9-14(2,3)20-4)17-8-10(19)11-6-7-12(15)21-11;/h6-7,10,19H,5,8-9H2,1-4H3,(H2,16,17,18);1H. The molecule has 0 aliphatic rings. The zero-order valence-corrected chi connectivity index (χ0v) is 18.1. The minimum absolute atomic E-state index is 0. The maximum atomic E-state index is 10.1. The molecule has 4 nitrogen and oxygen atoms in total. The van der Waals surface area contributed by atoms with E-state index in [1.54, 1.807) is 17.8 Å². The Hall–Kier alpha value is 0.300. The highest BCUT2D eigenvalue weighted by atomic mass is 127. The average molecular weight is 478 g/mol. The van der Waals surface area contributed by atoms with Crippen LogP contribution in [0.3, 0.4) is 0 Å². The molecule has 0 radical (unpaired) electrons. The lowest BCUT2D eigenvalue weighted by atomic mass is 10.2. The fourth-order valence-corrected chi connectivity index (χ4v) is 2.72. The van der Waals surface area contributed by atoms with Crippen molar-refractivity contribution in [2.75, 3.05) is 25.9 Å². The number of rotatable bonds is 7. The van der Waals surface area contributed by atoms with Gasteiger partial charge >= 0.3 is 0 Å². The predicted octanol–water partition coefficient (Wildman–Crippen LogP) is 3.75. The fraction of sp³-hybridized carbons (Fsp3) is 0.643. The summed E-state index contributed by atoms with van der Waals surface area (Å²) < 4.78 is 0.786. The van der Waals surface area contributed by atoms with Crippen LogP contribution in [0.25, 0.3) is 0 Å². The largest absolute Gasteiger partial charge is 0.386 e. The summed E-state index contributed by atoms with van der Waals surface area (Å²) in [5, 5.41) is 16.5. The number of aliphatic hydroxyl groups is 1. The monoisotopic (exact) mass is 477 g/mol. The van der Waals surface area contributed by atoms with Crippen molar-refractivity contribution >= 4 is 64.6 Å². The van der Waals surface area contributed by atoms with E-state index in [4.69, 9.17) is 11.6 Å². The molecule has 0 saturated carbocycles. The highest BCUT2D eigenvalue weighted by Crippen LogP contribution is 2.26. The van der Waals surface area contributed by atoms with Gasteiger partial charge < -0.3 is 15.7 Å². The molecule has 0 saturated heterocycles. The van der Waals surface area contributed by atoms with Crippen LogP contribution < -0.4 is 10.6 Å². The number of thiophene rings is 1. The van der Waals surface area contributed by atoms with Crippen LogP contribution in [0, 0.1) is 0 Å². The molecule has 0 fully saturated rings. The van der Waals surface area contributed by atoms with E-state index in [0.29, 0.717) is 17.4 Å². The number of nitrogens with one attached hydrogen (secondary N) is 2. The van der Waals surface area contributed by atoms with Crippen LogP contribution in [0.2, 0.25) is 4.34 Å². The van der Waals surface area contributed by atoms with Crippen molar-refractivity contribution in [3.05, 3.63) is 21.3 Å². The van der Waals surface area contributed by atoms with Crippen molar-refractivity contribution in [2.45, 2.75) is 31.6 Å². The highest BCUT2D eigenvalue weighted by molar-refractivity contribution is 14.0.